The second-order valence-corrected chi connectivity index (χ2v) is 4.54. The molecule has 1 amide bonds. The van der Waals surface area contributed by atoms with Crippen molar-refractivity contribution in [3.05, 3.63) is 59.4 Å². The highest BCUT2D eigenvalue weighted by Gasteiger charge is 2.18. The molecule has 23 heavy (non-hydrogen) atoms. The average molecular weight is 325 g/mol. The lowest BCUT2D eigenvalue weighted by Crippen LogP contribution is -2.15. The third-order valence-electron chi connectivity index (χ3n) is 2.95. The fourth-order valence-corrected chi connectivity index (χ4v) is 1.78. The van der Waals surface area contributed by atoms with E-state index in [1.165, 1.54) is 12.1 Å². The number of halogens is 3. The Hall–Kier alpha value is -2.54. The normalized spacial score (nSPS) is 10.4. The maximum atomic E-state index is 13.5. The summed E-state index contributed by atoms with van der Waals surface area (Å²) in [6.07, 6.45) is 0. The highest BCUT2D eigenvalue weighted by molar-refractivity contribution is 6.04. The van der Waals surface area contributed by atoms with Crippen LogP contribution < -0.4 is 10.1 Å². The van der Waals surface area contributed by atoms with Gasteiger partial charge in [0.15, 0.2) is 17.5 Å². The van der Waals surface area contributed by atoms with Crippen LogP contribution in [-0.2, 0) is 4.74 Å². The summed E-state index contributed by atoms with van der Waals surface area (Å²) >= 11 is 0. The Balaban J connectivity index is 2.04. The number of benzene rings is 2. The van der Waals surface area contributed by atoms with Crippen LogP contribution in [0, 0.1) is 17.5 Å². The monoisotopic (exact) mass is 325 g/mol. The van der Waals surface area contributed by atoms with Crippen LogP contribution in [-0.4, -0.2) is 26.2 Å². The summed E-state index contributed by atoms with van der Waals surface area (Å²) < 4.78 is 49.7. The predicted octanol–water partition coefficient (Wildman–Crippen LogP) is 3.38. The fraction of sp³-hybridized carbons (Fsp3) is 0.188. The third kappa shape index (κ3) is 4.23. The molecule has 1 N–H and O–H groups in total. The van der Waals surface area contributed by atoms with E-state index in [0.717, 1.165) is 6.07 Å². The van der Waals surface area contributed by atoms with Crippen molar-refractivity contribution in [2.75, 3.05) is 25.6 Å². The molecule has 0 atom stereocenters. The van der Waals surface area contributed by atoms with E-state index in [1.54, 1.807) is 19.2 Å². The molecule has 4 nitrogen and oxygen atoms in total. The smallest absolute Gasteiger partial charge is 0.258 e. The molecule has 0 bridgehead atoms. The first-order valence-corrected chi connectivity index (χ1v) is 6.69. The van der Waals surface area contributed by atoms with Crippen LogP contribution >= 0.6 is 0 Å². The molecule has 0 saturated carbocycles. The van der Waals surface area contributed by atoms with Crippen molar-refractivity contribution in [2.24, 2.45) is 0 Å². The highest BCUT2D eigenvalue weighted by atomic mass is 19.2. The molecule has 0 unspecified atom stereocenters. The number of carbonyl (C=O) groups excluding carboxylic acids is 1. The standard InChI is InChI=1S/C16H14F3NO3/c1-22-8-9-23-11-4-2-10(3-5-11)20-16(21)12-6-7-13(17)15(19)14(12)18/h2-7H,8-9H2,1H3,(H,20,21). The second-order valence-electron chi connectivity index (χ2n) is 4.54. The van der Waals surface area contributed by atoms with Crippen LogP contribution in [0.4, 0.5) is 18.9 Å². The van der Waals surface area contributed by atoms with Crippen molar-refractivity contribution in [3.63, 3.8) is 0 Å². The second kappa shape index (κ2) is 7.64. The number of anilines is 1. The van der Waals surface area contributed by atoms with Crippen molar-refractivity contribution in [1.82, 2.24) is 0 Å². The minimum Gasteiger partial charge on any atom is -0.491 e. The number of amides is 1. The number of rotatable bonds is 6. The Kier molecular flexibility index (Phi) is 5.59. The molecule has 2 aromatic rings. The number of methoxy groups -OCH3 is 1. The van der Waals surface area contributed by atoms with Crippen LogP contribution in [0.1, 0.15) is 10.4 Å². The number of hydrogen-bond acceptors (Lipinski definition) is 3. The number of ether oxygens (including phenoxy) is 2. The molecule has 0 aliphatic rings. The zero-order valence-corrected chi connectivity index (χ0v) is 12.2. The zero-order valence-electron chi connectivity index (χ0n) is 12.2. The lowest BCUT2D eigenvalue weighted by atomic mass is 10.1. The molecule has 0 aliphatic carbocycles. The number of carbonyl (C=O) groups is 1. The van der Waals surface area contributed by atoms with Gasteiger partial charge in [0.05, 0.1) is 12.2 Å². The van der Waals surface area contributed by atoms with Crippen molar-refractivity contribution in [1.29, 1.82) is 0 Å². The molecular formula is C16H14F3NO3. The molecule has 0 heterocycles. The summed E-state index contributed by atoms with van der Waals surface area (Å²) in [5, 5.41) is 2.39. The molecule has 2 aromatic carbocycles. The minimum atomic E-state index is -1.68. The summed E-state index contributed by atoms with van der Waals surface area (Å²) in [4.78, 5) is 11.9. The van der Waals surface area contributed by atoms with Crippen LogP contribution in [0.2, 0.25) is 0 Å². The summed E-state index contributed by atoms with van der Waals surface area (Å²) in [5.41, 5.74) is -0.220. The Bertz CT molecular complexity index is 690. The topological polar surface area (TPSA) is 47.6 Å². The van der Waals surface area contributed by atoms with Gasteiger partial charge in [0.25, 0.3) is 5.91 Å². The van der Waals surface area contributed by atoms with Crippen molar-refractivity contribution >= 4 is 11.6 Å². The van der Waals surface area contributed by atoms with Gasteiger partial charge in [0, 0.05) is 12.8 Å². The van der Waals surface area contributed by atoms with Gasteiger partial charge in [-0.05, 0) is 36.4 Å². The highest BCUT2D eigenvalue weighted by Crippen LogP contribution is 2.19. The molecule has 0 spiro atoms. The van der Waals surface area contributed by atoms with Gasteiger partial charge >= 0.3 is 0 Å². The maximum absolute atomic E-state index is 13.5. The van der Waals surface area contributed by atoms with Gasteiger partial charge in [-0.1, -0.05) is 0 Å². The summed E-state index contributed by atoms with van der Waals surface area (Å²) in [7, 11) is 1.55. The number of hydrogen-bond donors (Lipinski definition) is 1. The summed E-state index contributed by atoms with van der Waals surface area (Å²) in [6.45, 7) is 0.816. The summed E-state index contributed by atoms with van der Waals surface area (Å²) in [6, 6.07) is 7.86. The molecule has 7 heteroatoms. The van der Waals surface area contributed by atoms with Crippen LogP contribution in [0.3, 0.4) is 0 Å². The van der Waals surface area contributed by atoms with E-state index in [0.29, 0.717) is 30.7 Å². The van der Waals surface area contributed by atoms with E-state index in [9.17, 15) is 18.0 Å². The number of nitrogens with one attached hydrogen (secondary N) is 1. The zero-order chi connectivity index (χ0) is 16.8. The average Bonchev–Trinajstić information content (AvgIpc) is 2.54. The lowest BCUT2D eigenvalue weighted by molar-refractivity contribution is 0.102. The van der Waals surface area contributed by atoms with Gasteiger partial charge in [-0.25, -0.2) is 13.2 Å². The fourth-order valence-electron chi connectivity index (χ4n) is 1.78. The van der Waals surface area contributed by atoms with Crippen LogP contribution in [0.25, 0.3) is 0 Å². The van der Waals surface area contributed by atoms with Gasteiger partial charge in [0.1, 0.15) is 12.4 Å². The Morgan fingerprint density at radius 1 is 1.00 bits per heavy atom. The van der Waals surface area contributed by atoms with Crippen molar-refractivity contribution in [2.45, 2.75) is 0 Å². The molecule has 0 radical (unpaired) electrons. The van der Waals surface area contributed by atoms with Gasteiger partial charge in [-0.2, -0.15) is 0 Å². The van der Waals surface area contributed by atoms with Gasteiger partial charge in [0.2, 0.25) is 0 Å². The van der Waals surface area contributed by atoms with E-state index in [-0.39, 0.29) is 0 Å². The lowest BCUT2D eigenvalue weighted by Gasteiger charge is -2.09. The van der Waals surface area contributed by atoms with Gasteiger partial charge in [-0.15, -0.1) is 0 Å². The molecule has 0 aromatic heterocycles. The van der Waals surface area contributed by atoms with E-state index in [2.05, 4.69) is 5.32 Å². The molecule has 0 aliphatic heterocycles. The largest absolute Gasteiger partial charge is 0.491 e. The third-order valence-corrected chi connectivity index (χ3v) is 2.95. The molecular weight excluding hydrogens is 311 g/mol. The van der Waals surface area contributed by atoms with E-state index in [4.69, 9.17) is 9.47 Å². The van der Waals surface area contributed by atoms with Gasteiger partial charge in [-0.3, -0.25) is 4.79 Å². The molecule has 2 rings (SSSR count). The molecule has 122 valence electrons. The first-order chi connectivity index (χ1) is 11.0. The first-order valence-electron chi connectivity index (χ1n) is 6.69. The van der Waals surface area contributed by atoms with E-state index in [1.807, 2.05) is 0 Å². The van der Waals surface area contributed by atoms with E-state index < -0.39 is 28.9 Å². The van der Waals surface area contributed by atoms with Crippen LogP contribution in [0.5, 0.6) is 5.75 Å². The van der Waals surface area contributed by atoms with Crippen LogP contribution in [0.15, 0.2) is 36.4 Å². The first kappa shape index (κ1) is 16.8. The van der Waals surface area contributed by atoms with Gasteiger partial charge < -0.3 is 14.8 Å². The molecule has 0 saturated heterocycles. The Labute approximate surface area is 130 Å². The minimum absolute atomic E-state index is 0.359. The predicted molar refractivity (Wildman–Crippen MR) is 78.1 cm³/mol. The Morgan fingerprint density at radius 2 is 1.70 bits per heavy atom. The van der Waals surface area contributed by atoms with Crippen molar-refractivity contribution in [3.8, 4) is 5.75 Å². The maximum Gasteiger partial charge on any atom is 0.258 e. The Morgan fingerprint density at radius 3 is 2.35 bits per heavy atom. The quantitative estimate of drug-likeness (QED) is 0.654. The summed E-state index contributed by atoms with van der Waals surface area (Å²) in [5.74, 6) is -4.87. The molecule has 0 fully saturated rings. The van der Waals surface area contributed by atoms with Crippen molar-refractivity contribution < 1.29 is 27.4 Å². The van der Waals surface area contributed by atoms with E-state index >= 15 is 0 Å². The SMILES string of the molecule is COCCOc1ccc(NC(=O)c2ccc(F)c(F)c2F)cc1.